The third-order valence-electron chi connectivity index (χ3n) is 12.3. The van der Waals surface area contributed by atoms with Gasteiger partial charge in [-0.15, -0.1) is 17.7 Å². The molecule has 2 fully saturated rings. The van der Waals surface area contributed by atoms with Crippen molar-refractivity contribution < 1.29 is 94.5 Å². The third kappa shape index (κ3) is 12.7. The number of likely N-dealkylation sites (N-methyl/N-ethyl adjacent to an activating group) is 3. The smallest absolute Gasteiger partial charge is 0.549 e. The van der Waals surface area contributed by atoms with Gasteiger partial charge in [-0.3, -0.25) is 33.7 Å². The number of ether oxygens (including phenoxy) is 3. The van der Waals surface area contributed by atoms with E-state index in [1.54, 1.807) is 80.7 Å². The number of fused-ring (bicyclic) bond motifs is 2. The summed E-state index contributed by atoms with van der Waals surface area (Å²) in [5.41, 5.74) is -0.0848. The number of carbonyl (C=O) groups is 6. The number of aliphatic hydroxyl groups is 4. The average Bonchev–Trinajstić information content (AvgIpc) is 3.44. The van der Waals surface area contributed by atoms with E-state index in [-0.39, 0.29) is 56.4 Å². The summed E-state index contributed by atoms with van der Waals surface area (Å²) in [5, 5.41) is 44.5. The van der Waals surface area contributed by atoms with Crippen molar-refractivity contribution >= 4 is 41.9 Å². The fourth-order valence-electron chi connectivity index (χ4n) is 8.01. The molecule has 5 unspecified atom stereocenters. The summed E-state index contributed by atoms with van der Waals surface area (Å²) in [6.45, 7) is 7.09. The van der Waals surface area contributed by atoms with Crippen molar-refractivity contribution in [2.24, 2.45) is 5.92 Å². The molecule has 7 rings (SSSR count). The number of carbonyl (C=O) groups excluding carboxylic acids is 6. The van der Waals surface area contributed by atoms with Crippen molar-refractivity contribution in [2.45, 2.75) is 88.2 Å². The van der Waals surface area contributed by atoms with Crippen LogP contribution in [-0.4, -0.2) is 161 Å². The number of aldehydes is 1. The molecule has 7 N–H and O–H groups in total. The molecule has 19 nitrogen and oxygen atoms in total. The molecule has 0 aromatic heterocycles. The van der Waals surface area contributed by atoms with Crippen molar-refractivity contribution in [3.05, 3.63) is 102 Å². The van der Waals surface area contributed by atoms with E-state index in [2.05, 4.69) is 22.0 Å². The topological polar surface area (TPSA) is 257 Å². The Labute approximate surface area is 419 Å². The zero-order valence-corrected chi connectivity index (χ0v) is 43.4. The Bertz CT molecular complexity index is 2280. The molecule has 0 aliphatic carbocycles. The maximum absolute atomic E-state index is 14.5. The average molecular weight is 1170 g/mol. The van der Waals surface area contributed by atoms with Gasteiger partial charge in [0.05, 0.1) is 32.0 Å². The quantitative estimate of drug-likeness (QED) is 0.107. The van der Waals surface area contributed by atoms with Crippen LogP contribution >= 0.6 is 0 Å². The number of hydrogen-bond donors (Lipinski definition) is 7. The van der Waals surface area contributed by atoms with E-state index in [0.29, 0.717) is 40.2 Å². The minimum absolute atomic E-state index is 0. The van der Waals surface area contributed by atoms with Crippen LogP contribution in [-0.2, 0) is 39.9 Å². The molecule has 4 aliphatic rings. The molecule has 0 spiro atoms. The number of aliphatic hydroxyl groups excluding tert-OH is 4. The maximum Gasteiger partial charge on any atom is 2.00 e. The molecule has 2 saturated heterocycles. The second-order valence-electron chi connectivity index (χ2n) is 16.9. The fraction of sp³-hybridized carbons (Fsp3) is 0.438. The minimum Gasteiger partial charge on any atom is -0.549 e. The Morgan fingerprint density at radius 2 is 1.49 bits per heavy atom. The van der Waals surface area contributed by atoms with Crippen LogP contribution < -0.4 is 25.4 Å². The van der Waals surface area contributed by atoms with Crippen LogP contribution in [0.25, 0.3) is 6.08 Å². The minimum atomic E-state index is -1.81. The van der Waals surface area contributed by atoms with Gasteiger partial charge in [-0.1, -0.05) is 31.2 Å². The van der Waals surface area contributed by atoms with Crippen molar-refractivity contribution in [3.63, 3.8) is 0 Å². The van der Waals surface area contributed by atoms with E-state index in [4.69, 9.17) is 24.4 Å². The molecule has 5 amide bonds. The van der Waals surface area contributed by atoms with Gasteiger partial charge >= 0.3 is 31.1 Å². The molecule has 364 valence electrons. The Morgan fingerprint density at radius 1 is 0.853 bits per heavy atom. The first-order valence-corrected chi connectivity index (χ1v) is 21.7. The molecular weight excluding hydrogens is 1110 g/mol. The van der Waals surface area contributed by atoms with E-state index in [1.165, 1.54) is 57.9 Å². The molecule has 10 atom stereocenters. The molecule has 3 aromatic rings. The number of amides is 5. The third-order valence-corrected chi connectivity index (χ3v) is 12.3. The number of rotatable bonds is 4. The SMILES string of the molecule is COc1ccc(/C=C2\C(=O)N[C@@H](C)C(=O)N(C)C3(C=O)Cc4ccc(cc4)Oc4[c-]ccc(c4)[C@@H](C)C(C(=O)N[C@H](C)C(=O)N[C@@H](C)C(=O)N2C)N3C)cc1.OCC1CO[CH-]C(O)C(O)[C@@H]1O.[U+2]. The largest absolute Gasteiger partial charge is 2.00 e. The molecule has 6 bridgehead atoms. The summed E-state index contributed by atoms with van der Waals surface area (Å²) in [4.78, 5) is 88.0. The van der Waals surface area contributed by atoms with E-state index in [1.807, 2.05) is 0 Å². The van der Waals surface area contributed by atoms with Gasteiger partial charge in [0.2, 0.25) is 23.6 Å². The summed E-state index contributed by atoms with van der Waals surface area (Å²) in [5.74, 6) is -3.03. The van der Waals surface area contributed by atoms with Gasteiger partial charge in [0, 0.05) is 38.8 Å². The number of benzene rings is 3. The fourth-order valence-corrected chi connectivity index (χ4v) is 8.01. The molecule has 4 heterocycles. The summed E-state index contributed by atoms with van der Waals surface area (Å²) >= 11 is 0. The monoisotopic (exact) mass is 1170 g/mol. The van der Waals surface area contributed by atoms with Gasteiger partial charge < -0.3 is 60.4 Å². The maximum atomic E-state index is 14.5. The summed E-state index contributed by atoms with van der Waals surface area (Å²) in [6, 6.07) is 17.3. The van der Waals surface area contributed by atoms with Gasteiger partial charge in [-0.25, -0.2) is 0 Å². The molecule has 4 aliphatic heterocycles. The van der Waals surface area contributed by atoms with Crippen LogP contribution in [0.1, 0.15) is 50.3 Å². The summed E-state index contributed by atoms with van der Waals surface area (Å²) in [7, 11) is 5.92. The molecule has 20 heteroatoms. The van der Waals surface area contributed by atoms with E-state index in [9.17, 15) is 39.0 Å². The van der Waals surface area contributed by atoms with Crippen molar-refractivity contribution in [3.8, 4) is 17.2 Å². The zero-order valence-electron chi connectivity index (χ0n) is 39.2. The second-order valence-corrected chi connectivity index (χ2v) is 16.9. The molecular formula is C48H60N6O13U. The Morgan fingerprint density at radius 3 is 2.10 bits per heavy atom. The van der Waals surface area contributed by atoms with Gasteiger partial charge in [0.25, 0.3) is 5.91 Å². The second kappa shape index (κ2) is 24.4. The van der Waals surface area contributed by atoms with Crippen molar-refractivity contribution in [2.75, 3.05) is 41.5 Å². The van der Waals surface area contributed by atoms with Crippen LogP contribution in [0.15, 0.2) is 72.4 Å². The molecule has 0 saturated carbocycles. The number of nitrogens with one attached hydrogen (secondary N) is 3. The molecule has 3 aromatic carbocycles. The van der Waals surface area contributed by atoms with Crippen molar-refractivity contribution in [1.29, 1.82) is 0 Å². The zero-order chi connectivity index (χ0) is 49.3. The molecule has 0 radical (unpaired) electrons. The van der Waals surface area contributed by atoms with Crippen LogP contribution in [0.3, 0.4) is 0 Å². The van der Waals surface area contributed by atoms with E-state index >= 15 is 0 Å². The first kappa shape index (κ1) is 55.4. The number of hydrogen-bond acceptors (Lipinski definition) is 14. The Kier molecular flexibility index (Phi) is 19.9. The van der Waals surface area contributed by atoms with Crippen LogP contribution in [0.2, 0.25) is 0 Å². The van der Waals surface area contributed by atoms with Gasteiger partial charge in [0.15, 0.2) is 11.9 Å². The van der Waals surface area contributed by atoms with Gasteiger partial charge in [-0.2, -0.15) is 18.7 Å². The summed E-state index contributed by atoms with van der Waals surface area (Å²) in [6.07, 6.45) is -1.61. The predicted molar refractivity (Wildman–Crippen MR) is 242 cm³/mol. The van der Waals surface area contributed by atoms with Crippen LogP contribution in [0, 0.1) is 49.7 Å². The van der Waals surface area contributed by atoms with Crippen LogP contribution in [0.4, 0.5) is 0 Å². The summed E-state index contributed by atoms with van der Waals surface area (Å²) < 4.78 is 16.1. The first-order chi connectivity index (χ1) is 31.8. The van der Waals surface area contributed by atoms with Crippen LogP contribution in [0.5, 0.6) is 17.2 Å². The van der Waals surface area contributed by atoms with E-state index in [0.717, 1.165) is 11.5 Å². The van der Waals surface area contributed by atoms with Gasteiger partial charge in [-0.05, 0) is 81.3 Å². The Balaban J connectivity index is 0.000000675. The van der Waals surface area contributed by atoms with E-state index < -0.39 is 89.5 Å². The molecule has 68 heavy (non-hydrogen) atoms. The standard InChI is InChI=1S/C41H47N6O8.C7H13O5.U/c1-24-30-10-9-11-33(21-30)55-32-18-14-29(15-19-32)22-41(23-48)46(6)35(24)38(51)42-25(2)36(49)43-26(3)39(52)45(5)34(20-28-12-16-31(54-8)17-13-28)37(50)44-27(4)40(53)47(41)7;8-1-4-2-12-3-5(9)7(11)6(4)10;/h9-10,12-21,23-27,35H,22H2,1-8H3,(H,42,51)(H,43,49)(H,44,50);3-11H,1-2H2;/q2*-1;+2/b34-20+;;/t24-,25-,26+,27+,35?,41?;4?,5?,6-,7?;/m11./s1. The number of methoxy groups -OCH3 is 1. The Hall–Kier alpha value is -5.17. The predicted octanol–water partition coefficient (Wildman–Crippen LogP) is 0.498. The first-order valence-electron chi connectivity index (χ1n) is 21.7. The van der Waals surface area contributed by atoms with Gasteiger partial charge in [0.1, 0.15) is 35.3 Å². The van der Waals surface area contributed by atoms with Crippen molar-refractivity contribution in [1.82, 2.24) is 30.7 Å². The number of nitrogens with zero attached hydrogens (tertiary/aromatic N) is 3. The normalized spacial score (nSPS) is 29.4.